The summed E-state index contributed by atoms with van der Waals surface area (Å²) >= 11 is 0. The quantitative estimate of drug-likeness (QED) is 0.334. The number of aliphatic hydroxyl groups excluding tert-OH is 1. The van der Waals surface area contributed by atoms with Crippen molar-refractivity contribution in [3.8, 4) is 0 Å². The van der Waals surface area contributed by atoms with Gasteiger partial charge in [-0.05, 0) is 0 Å². The number of nitrogens with two attached hydrogens (primary N) is 1. The van der Waals surface area contributed by atoms with Crippen LogP contribution in [0, 0.1) is 0 Å². The maximum atomic E-state index is 11.1. The van der Waals surface area contributed by atoms with Crippen LogP contribution in [0.5, 0.6) is 0 Å². The molecule has 0 heterocycles. The second-order valence-corrected chi connectivity index (χ2v) is 4.24. The fourth-order valence-corrected chi connectivity index (χ4v) is 1.45. The maximum absolute atomic E-state index is 11.1. The van der Waals surface area contributed by atoms with Crippen molar-refractivity contribution in [1.82, 2.24) is 9.44 Å². The Labute approximate surface area is 88.0 Å². The smallest absolute Gasteiger partial charge is 0.277 e. The average Bonchev–Trinajstić information content (AvgIpc) is 2.14. The third kappa shape index (κ3) is 7.22. The van der Waals surface area contributed by atoms with E-state index in [0.717, 1.165) is 0 Å². The SMILES string of the molecule is COCCNS(=O)(=O)NCC(O)C(N)=O. The van der Waals surface area contributed by atoms with E-state index in [9.17, 15) is 13.2 Å². The number of amides is 1. The number of rotatable bonds is 8. The second-order valence-electron chi connectivity index (χ2n) is 2.66. The number of hydrogen-bond donors (Lipinski definition) is 4. The highest BCUT2D eigenvalue weighted by Crippen LogP contribution is 1.81. The Morgan fingerprint density at radius 1 is 1.53 bits per heavy atom. The normalized spacial score (nSPS) is 13.7. The minimum absolute atomic E-state index is 0.0957. The molecule has 0 aromatic heterocycles. The number of hydrogen-bond acceptors (Lipinski definition) is 5. The first-order chi connectivity index (χ1) is 6.89. The van der Waals surface area contributed by atoms with E-state index >= 15 is 0 Å². The summed E-state index contributed by atoms with van der Waals surface area (Å²) in [6, 6.07) is 0. The minimum atomic E-state index is -3.73. The summed E-state index contributed by atoms with van der Waals surface area (Å²) in [6.07, 6.45) is -1.54. The van der Waals surface area contributed by atoms with Gasteiger partial charge in [-0.25, -0.2) is 0 Å². The monoisotopic (exact) mass is 241 g/mol. The number of primary amides is 1. The lowest BCUT2D eigenvalue weighted by atomic mass is 10.3. The van der Waals surface area contributed by atoms with E-state index in [2.05, 4.69) is 9.46 Å². The summed E-state index contributed by atoms with van der Waals surface area (Å²) in [5.74, 6) is -0.991. The van der Waals surface area contributed by atoms with Crippen LogP contribution in [0.3, 0.4) is 0 Å². The molecule has 90 valence electrons. The van der Waals surface area contributed by atoms with Crippen molar-refractivity contribution < 1.29 is 23.1 Å². The number of ether oxygens (including phenoxy) is 1. The zero-order valence-corrected chi connectivity index (χ0v) is 9.08. The van der Waals surface area contributed by atoms with Crippen LogP contribution in [0.15, 0.2) is 0 Å². The number of aliphatic hydroxyl groups is 1. The Balaban J connectivity index is 3.89. The molecule has 0 aromatic carbocycles. The van der Waals surface area contributed by atoms with Crippen molar-refractivity contribution in [2.75, 3.05) is 26.8 Å². The lowest BCUT2D eigenvalue weighted by Gasteiger charge is -2.09. The molecule has 0 aromatic rings. The van der Waals surface area contributed by atoms with Crippen molar-refractivity contribution in [2.45, 2.75) is 6.10 Å². The number of carbonyl (C=O) groups is 1. The fourth-order valence-electron chi connectivity index (χ4n) is 0.618. The molecule has 1 amide bonds. The molecule has 0 rings (SSSR count). The standard InChI is InChI=1S/C6H15N3O5S/c1-14-3-2-8-15(12,13)9-4-5(10)6(7)11/h5,8-10H,2-4H2,1H3,(H2,7,11). The molecular formula is C6H15N3O5S. The van der Waals surface area contributed by atoms with E-state index < -0.39 is 28.8 Å². The van der Waals surface area contributed by atoms with Gasteiger partial charge < -0.3 is 15.6 Å². The van der Waals surface area contributed by atoms with Gasteiger partial charge in [-0.3, -0.25) is 4.79 Å². The molecule has 9 heteroatoms. The molecule has 5 N–H and O–H groups in total. The first kappa shape index (κ1) is 14.3. The van der Waals surface area contributed by atoms with Gasteiger partial charge in [0.1, 0.15) is 6.10 Å². The van der Waals surface area contributed by atoms with Gasteiger partial charge in [-0.15, -0.1) is 0 Å². The zero-order valence-electron chi connectivity index (χ0n) is 8.26. The Bertz CT molecular complexity index is 291. The summed E-state index contributed by atoms with van der Waals surface area (Å²) in [4.78, 5) is 10.4. The molecule has 1 unspecified atom stereocenters. The Morgan fingerprint density at radius 3 is 2.60 bits per heavy atom. The number of carbonyl (C=O) groups excluding carboxylic acids is 1. The Kier molecular flexibility index (Phi) is 6.36. The Hall–Kier alpha value is -0.740. The van der Waals surface area contributed by atoms with Crippen molar-refractivity contribution in [3.63, 3.8) is 0 Å². The van der Waals surface area contributed by atoms with Crippen LogP contribution >= 0.6 is 0 Å². The summed E-state index contributed by atoms with van der Waals surface area (Å²) in [6.45, 7) is -0.143. The fraction of sp³-hybridized carbons (Fsp3) is 0.833. The van der Waals surface area contributed by atoms with Crippen LogP contribution < -0.4 is 15.2 Å². The lowest BCUT2D eigenvalue weighted by Crippen LogP contribution is -2.45. The van der Waals surface area contributed by atoms with E-state index in [0.29, 0.717) is 0 Å². The van der Waals surface area contributed by atoms with Crippen LogP contribution in [-0.2, 0) is 19.7 Å². The van der Waals surface area contributed by atoms with Gasteiger partial charge in [0.15, 0.2) is 0 Å². The van der Waals surface area contributed by atoms with Crippen molar-refractivity contribution in [2.24, 2.45) is 5.73 Å². The maximum Gasteiger partial charge on any atom is 0.277 e. The highest BCUT2D eigenvalue weighted by molar-refractivity contribution is 7.87. The molecular weight excluding hydrogens is 226 g/mol. The summed E-state index contributed by atoms with van der Waals surface area (Å²) < 4.78 is 30.9. The van der Waals surface area contributed by atoms with Gasteiger partial charge in [0.05, 0.1) is 6.61 Å². The van der Waals surface area contributed by atoms with Crippen molar-refractivity contribution in [1.29, 1.82) is 0 Å². The third-order valence-electron chi connectivity index (χ3n) is 1.39. The van der Waals surface area contributed by atoms with Gasteiger partial charge in [-0.1, -0.05) is 0 Å². The Morgan fingerprint density at radius 2 is 2.13 bits per heavy atom. The molecule has 0 aliphatic heterocycles. The molecule has 0 fully saturated rings. The van der Waals surface area contributed by atoms with Crippen molar-refractivity contribution in [3.05, 3.63) is 0 Å². The third-order valence-corrected chi connectivity index (χ3v) is 2.52. The minimum Gasteiger partial charge on any atom is -0.383 e. The van der Waals surface area contributed by atoms with Crippen LogP contribution in [0.2, 0.25) is 0 Å². The second kappa shape index (κ2) is 6.69. The van der Waals surface area contributed by atoms with Gasteiger partial charge in [0, 0.05) is 20.2 Å². The molecule has 1 atom stereocenters. The molecule has 0 saturated carbocycles. The van der Waals surface area contributed by atoms with E-state index in [4.69, 9.17) is 10.8 Å². The number of nitrogens with one attached hydrogen (secondary N) is 2. The highest BCUT2D eigenvalue weighted by Gasteiger charge is 2.15. The van der Waals surface area contributed by atoms with Gasteiger partial charge in [0.2, 0.25) is 5.91 Å². The number of methoxy groups -OCH3 is 1. The first-order valence-electron chi connectivity index (χ1n) is 4.09. The molecule has 8 nitrogen and oxygen atoms in total. The predicted molar refractivity (Wildman–Crippen MR) is 52.0 cm³/mol. The first-order valence-corrected chi connectivity index (χ1v) is 5.58. The lowest BCUT2D eigenvalue weighted by molar-refractivity contribution is -0.125. The van der Waals surface area contributed by atoms with Crippen molar-refractivity contribution >= 4 is 16.1 Å². The van der Waals surface area contributed by atoms with Crippen LogP contribution in [0.25, 0.3) is 0 Å². The van der Waals surface area contributed by atoms with E-state index in [1.807, 2.05) is 4.72 Å². The van der Waals surface area contributed by atoms with Gasteiger partial charge in [-0.2, -0.15) is 17.9 Å². The predicted octanol–water partition coefficient (Wildman–Crippen LogP) is -3.10. The summed E-state index contributed by atoms with van der Waals surface area (Å²) in [7, 11) is -2.30. The summed E-state index contributed by atoms with van der Waals surface area (Å²) in [5.41, 5.74) is 4.72. The zero-order chi connectivity index (χ0) is 11.9. The van der Waals surface area contributed by atoms with E-state index in [1.54, 1.807) is 0 Å². The molecule has 15 heavy (non-hydrogen) atoms. The topological polar surface area (TPSA) is 131 Å². The van der Waals surface area contributed by atoms with Crippen LogP contribution in [0.1, 0.15) is 0 Å². The molecule has 0 aliphatic rings. The molecule has 0 radical (unpaired) electrons. The molecule has 0 aliphatic carbocycles. The highest BCUT2D eigenvalue weighted by atomic mass is 32.2. The van der Waals surface area contributed by atoms with E-state index in [-0.39, 0.29) is 13.2 Å². The van der Waals surface area contributed by atoms with Gasteiger partial charge >= 0.3 is 0 Å². The van der Waals surface area contributed by atoms with E-state index in [1.165, 1.54) is 7.11 Å². The van der Waals surface area contributed by atoms with Crippen LogP contribution in [0.4, 0.5) is 0 Å². The summed E-state index contributed by atoms with van der Waals surface area (Å²) in [5, 5.41) is 8.91. The molecule has 0 spiro atoms. The van der Waals surface area contributed by atoms with Crippen LogP contribution in [-0.4, -0.2) is 52.3 Å². The largest absolute Gasteiger partial charge is 0.383 e. The average molecular weight is 241 g/mol. The molecule has 0 saturated heterocycles. The molecule has 0 bridgehead atoms. The van der Waals surface area contributed by atoms with Gasteiger partial charge in [0.25, 0.3) is 10.2 Å².